The third kappa shape index (κ3) is 4.10. The summed E-state index contributed by atoms with van der Waals surface area (Å²) < 4.78 is 3.57. The Morgan fingerprint density at radius 2 is 1.76 bits per heavy atom. The zero-order valence-corrected chi connectivity index (χ0v) is 18.4. The molecule has 2 aromatic heterocycles. The molecule has 2 heterocycles. The molecule has 0 fully saturated rings. The van der Waals surface area contributed by atoms with Crippen LogP contribution in [0.1, 0.15) is 34.5 Å². The van der Waals surface area contributed by atoms with Crippen molar-refractivity contribution in [3.05, 3.63) is 102 Å². The monoisotopic (exact) mass is 437 g/mol. The highest BCUT2D eigenvalue weighted by molar-refractivity contribution is 5.94. The van der Waals surface area contributed by atoms with Crippen LogP contribution in [0.25, 0.3) is 16.7 Å². The van der Waals surface area contributed by atoms with E-state index in [0.29, 0.717) is 12.1 Å². The van der Waals surface area contributed by atoms with E-state index in [0.717, 1.165) is 27.8 Å². The van der Waals surface area contributed by atoms with Crippen LogP contribution in [0, 0.1) is 0 Å². The second-order valence-corrected chi connectivity index (χ2v) is 7.96. The number of aromatic nitrogens is 6. The van der Waals surface area contributed by atoms with Gasteiger partial charge in [0, 0.05) is 12.6 Å². The van der Waals surface area contributed by atoms with E-state index in [1.165, 1.54) is 6.33 Å². The predicted molar refractivity (Wildman–Crippen MR) is 125 cm³/mol. The number of hydrogen-bond donors (Lipinski definition) is 0. The zero-order valence-electron chi connectivity index (χ0n) is 18.4. The summed E-state index contributed by atoms with van der Waals surface area (Å²) in [6.45, 7) is 2.62. The van der Waals surface area contributed by atoms with Gasteiger partial charge < -0.3 is 4.90 Å². The Balaban J connectivity index is 1.27. The zero-order chi connectivity index (χ0) is 22.8. The van der Waals surface area contributed by atoms with E-state index in [-0.39, 0.29) is 11.9 Å². The Labute approximate surface area is 191 Å². The fourth-order valence-corrected chi connectivity index (χ4v) is 3.81. The smallest absolute Gasteiger partial charge is 0.254 e. The van der Waals surface area contributed by atoms with Gasteiger partial charge in [-0.05, 0) is 54.4 Å². The molecule has 5 aromatic rings. The number of hydrogen-bond acceptors (Lipinski definition) is 5. The van der Waals surface area contributed by atoms with Crippen LogP contribution in [-0.4, -0.2) is 47.6 Å². The van der Waals surface area contributed by atoms with Gasteiger partial charge in [0.2, 0.25) is 0 Å². The molecule has 1 amide bonds. The van der Waals surface area contributed by atoms with Crippen LogP contribution in [0.4, 0.5) is 0 Å². The maximum atomic E-state index is 13.1. The quantitative estimate of drug-likeness (QED) is 0.403. The SMILES string of the molecule is C[C@@H](c1ccc(-n2cncn2)cc1)N(C)C(=O)c1ccc(Cn2nnc3ccccc32)cc1. The minimum atomic E-state index is -0.0801. The van der Waals surface area contributed by atoms with Crippen LogP contribution < -0.4 is 0 Å². The molecule has 0 radical (unpaired) electrons. The van der Waals surface area contributed by atoms with Crippen molar-refractivity contribution in [2.45, 2.75) is 19.5 Å². The van der Waals surface area contributed by atoms with Crippen LogP contribution in [-0.2, 0) is 6.54 Å². The largest absolute Gasteiger partial charge is 0.335 e. The first-order chi connectivity index (χ1) is 16.1. The lowest BCUT2D eigenvalue weighted by Crippen LogP contribution is -2.29. The summed E-state index contributed by atoms with van der Waals surface area (Å²) in [5, 5.41) is 12.6. The molecule has 0 spiro atoms. The molecule has 8 nitrogen and oxygen atoms in total. The fraction of sp³-hybridized carbons (Fsp3) is 0.160. The van der Waals surface area contributed by atoms with Crippen molar-refractivity contribution in [3.8, 4) is 5.69 Å². The Morgan fingerprint density at radius 1 is 1.00 bits per heavy atom. The number of fused-ring (bicyclic) bond motifs is 1. The lowest BCUT2D eigenvalue weighted by molar-refractivity contribution is 0.0742. The minimum absolute atomic E-state index is 0.0272. The lowest BCUT2D eigenvalue weighted by Gasteiger charge is -2.25. The summed E-state index contributed by atoms with van der Waals surface area (Å²) in [6.07, 6.45) is 3.16. The summed E-state index contributed by atoms with van der Waals surface area (Å²) >= 11 is 0. The molecule has 0 saturated heterocycles. The summed E-state index contributed by atoms with van der Waals surface area (Å²) in [4.78, 5) is 18.8. The molecule has 0 aliphatic heterocycles. The third-order valence-corrected chi connectivity index (χ3v) is 5.91. The number of carbonyl (C=O) groups excluding carboxylic acids is 1. The van der Waals surface area contributed by atoms with E-state index in [1.807, 2.05) is 91.4 Å². The van der Waals surface area contributed by atoms with Crippen LogP contribution in [0.15, 0.2) is 85.5 Å². The van der Waals surface area contributed by atoms with Crippen molar-refractivity contribution in [3.63, 3.8) is 0 Å². The molecule has 0 saturated carbocycles. The van der Waals surface area contributed by atoms with E-state index in [4.69, 9.17) is 0 Å². The maximum Gasteiger partial charge on any atom is 0.254 e. The molecular weight excluding hydrogens is 414 g/mol. The van der Waals surface area contributed by atoms with Gasteiger partial charge in [-0.15, -0.1) is 5.10 Å². The van der Waals surface area contributed by atoms with Crippen LogP contribution in [0.3, 0.4) is 0 Å². The number of benzene rings is 3. The molecule has 1 atom stereocenters. The summed E-state index contributed by atoms with van der Waals surface area (Å²) in [5.41, 5.74) is 5.53. The van der Waals surface area contributed by atoms with Crippen molar-refractivity contribution in [1.29, 1.82) is 0 Å². The molecule has 33 heavy (non-hydrogen) atoms. The first kappa shape index (κ1) is 20.6. The van der Waals surface area contributed by atoms with Gasteiger partial charge in [-0.25, -0.2) is 14.3 Å². The molecule has 5 rings (SSSR count). The van der Waals surface area contributed by atoms with E-state index >= 15 is 0 Å². The summed E-state index contributed by atoms with van der Waals surface area (Å²) in [5.74, 6) is -0.0272. The average Bonchev–Trinajstić information content (AvgIpc) is 3.54. The lowest BCUT2D eigenvalue weighted by atomic mass is 10.0. The second kappa shape index (κ2) is 8.66. The van der Waals surface area contributed by atoms with E-state index in [1.54, 1.807) is 15.9 Å². The number of nitrogens with zero attached hydrogens (tertiary/aromatic N) is 7. The molecule has 0 N–H and O–H groups in total. The van der Waals surface area contributed by atoms with Gasteiger partial charge in [0.05, 0.1) is 23.8 Å². The molecule has 0 unspecified atom stereocenters. The van der Waals surface area contributed by atoms with Crippen molar-refractivity contribution in [2.24, 2.45) is 0 Å². The van der Waals surface area contributed by atoms with Gasteiger partial charge in [-0.1, -0.05) is 41.6 Å². The second-order valence-electron chi connectivity index (χ2n) is 7.96. The van der Waals surface area contributed by atoms with Crippen molar-refractivity contribution >= 4 is 16.9 Å². The van der Waals surface area contributed by atoms with Gasteiger partial charge in [0.25, 0.3) is 5.91 Å². The molecule has 0 aliphatic rings. The van der Waals surface area contributed by atoms with Gasteiger partial charge in [0.15, 0.2) is 0 Å². The fourth-order valence-electron chi connectivity index (χ4n) is 3.81. The van der Waals surface area contributed by atoms with Crippen molar-refractivity contribution < 1.29 is 4.79 Å². The normalized spacial score (nSPS) is 12.1. The maximum absolute atomic E-state index is 13.1. The predicted octanol–water partition coefficient (Wildman–Crippen LogP) is 3.89. The number of carbonyl (C=O) groups is 1. The van der Waals surface area contributed by atoms with Crippen LogP contribution in [0.5, 0.6) is 0 Å². The highest BCUT2D eigenvalue weighted by Crippen LogP contribution is 2.22. The Bertz CT molecular complexity index is 1370. The Hall–Kier alpha value is -4.33. The number of para-hydroxylation sites is 1. The standard InChI is InChI=1S/C25H23N7O/c1-18(20-11-13-22(14-12-20)32-17-26-16-27-32)30(2)25(33)21-9-7-19(8-10-21)15-31-24-6-4-3-5-23(24)28-29-31/h3-14,16-18H,15H2,1-2H3/t18-/m0/s1. The van der Waals surface area contributed by atoms with Gasteiger partial charge in [0.1, 0.15) is 18.2 Å². The number of rotatable bonds is 6. The first-order valence-electron chi connectivity index (χ1n) is 10.7. The molecular formula is C25H23N7O. The third-order valence-electron chi connectivity index (χ3n) is 5.91. The molecule has 0 aliphatic carbocycles. The highest BCUT2D eigenvalue weighted by Gasteiger charge is 2.19. The van der Waals surface area contributed by atoms with Crippen molar-refractivity contribution in [2.75, 3.05) is 7.05 Å². The van der Waals surface area contributed by atoms with E-state index < -0.39 is 0 Å². The average molecular weight is 438 g/mol. The minimum Gasteiger partial charge on any atom is -0.335 e. The molecule has 0 bridgehead atoms. The Kier molecular flexibility index (Phi) is 5.40. The molecule has 164 valence electrons. The molecule has 8 heteroatoms. The van der Waals surface area contributed by atoms with Gasteiger partial charge in [-0.3, -0.25) is 4.79 Å². The summed E-state index contributed by atoms with van der Waals surface area (Å²) in [6, 6.07) is 23.4. The van der Waals surface area contributed by atoms with Crippen LogP contribution >= 0.6 is 0 Å². The van der Waals surface area contributed by atoms with E-state index in [9.17, 15) is 4.79 Å². The van der Waals surface area contributed by atoms with Gasteiger partial charge in [-0.2, -0.15) is 5.10 Å². The highest BCUT2D eigenvalue weighted by atomic mass is 16.2. The van der Waals surface area contributed by atoms with E-state index in [2.05, 4.69) is 20.4 Å². The number of amides is 1. The van der Waals surface area contributed by atoms with Crippen molar-refractivity contribution in [1.82, 2.24) is 34.7 Å². The summed E-state index contributed by atoms with van der Waals surface area (Å²) in [7, 11) is 1.83. The molecule has 3 aromatic carbocycles. The van der Waals surface area contributed by atoms with Crippen LogP contribution in [0.2, 0.25) is 0 Å². The topological polar surface area (TPSA) is 81.7 Å². The Morgan fingerprint density at radius 3 is 2.48 bits per heavy atom. The first-order valence-corrected chi connectivity index (χ1v) is 10.7. The van der Waals surface area contributed by atoms with Gasteiger partial charge >= 0.3 is 0 Å².